The Morgan fingerprint density at radius 1 is 1.17 bits per heavy atom. The highest BCUT2D eigenvalue weighted by Gasteiger charge is 2.17. The van der Waals surface area contributed by atoms with E-state index in [2.05, 4.69) is 20.8 Å². The smallest absolute Gasteiger partial charge is 0.343 e. The van der Waals surface area contributed by atoms with Crippen LogP contribution in [0.1, 0.15) is 42.7 Å². The van der Waals surface area contributed by atoms with Crippen LogP contribution < -0.4 is 10.7 Å². The Hall–Kier alpha value is -3.82. The molecule has 1 aromatic carbocycles. The van der Waals surface area contributed by atoms with Crippen molar-refractivity contribution >= 4 is 29.4 Å². The molecule has 0 aliphatic rings. The summed E-state index contributed by atoms with van der Waals surface area (Å²) in [5.74, 6) is -1.73. The molecule has 1 aromatic heterocycles. The van der Waals surface area contributed by atoms with E-state index in [1.54, 1.807) is 0 Å². The lowest BCUT2D eigenvalue weighted by Crippen LogP contribution is -2.26. The molecule has 0 radical (unpaired) electrons. The van der Waals surface area contributed by atoms with Crippen LogP contribution in [-0.4, -0.2) is 35.5 Å². The molecule has 0 fully saturated rings. The first-order valence-corrected chi connectivity index (χ1v) is 9.05. The van der Waals surface area contributed by atoms with Crippen molar-refractivity contribution in [1.29, 1.82) is 0 Å². The molecule has 158 valence electrons. The van der Waals surface area contributed by atoms with E-state index in [-0.39, 0.29) is 29.1 Å². The molecule has 30 heavy (non-hydrogen) atoms. The molecule has 0 aliphatic carbocycles. The van der Waals surface area contributed by atoms with Gasteiger partial charge in [-0.1, -0.05) is 13.0 Å². The Morgan fingerprint density at radius 2 is 1.97 bits per heavy atom. The van der Waals surface area contributed by atoms with Crippen molar-refractivity contribution in [3.05, 3.63) is 59.7 Å². The summed E-state index contributed by atoms with van der Waals surface area (Å²) in [6.07, 6.45) is 2.29. The van der Waals surface area contributed by atoms with E-state index in [4.69, 9.17) is 9.47 Å². The molecule has 1 heterocycles. The van der Waals surface area contributed by atoms with Gasteiger partial charge in [0.15, 0.2) is 0 Å². The average Bonchev–Trinajstić information content (AvgIpc) is 2.72. The molecular formula is C20H21FN4O5. The molecule has 0 saturated heterocycles. The molecule has 0 unspecified atom stereocenters. The average molecular weight is 416 g/mol. The van der Waals surface area contributed by atoms with Crippen molar-refractivity contribution < 1.29 is 28.2 Å². The van der Waals surface area contributed by atoms with Crippen LogP contribution in [-0.2, 0) is 14.3 Å². The Kier molecular flexibility index (Phi) is 8.42. The van der Waals surface area contributed by atoms with E-state index >= 15 is 0 Å². The van der Waals surface area contributed by atoms with Gasteiger partial charge in [0, 0.05) is 18.3 Å². The molecule has 0 spiro atoms. The summed E-state index contributed by atoms with van der Waals surface area (Å²) in [4.78, 5) is 39.6. The number of ether oxygens (including phenoxy) is 2. The van der Waals surface area contributed by atoms with Crippen molar-refractivity contribution in [2.75, 3.05) is 12.1 Å². The molecule has 2 amide bonds. The standard InChI is InChI=1S/C20H21FN4O5/c1-3-6-17(26)29-12-30-19(27)16-9-5-10-22-18(16)13(2)24-25-20(28)23-15-8-4-7-14(21)11-15/h4-5,7-11H,3,6,12H2,1-2H3,(H2,23,25,28). The third-order valence-electron chi connectivity index (χ3n) is 3.64. The van der Waals surface area contributed by atoms with E-state index in [1.807, 2.05) is 6.92 Å². The highest BCUT2D eigenvalue weighted by atomic mass is 19.1. The van der Waals surface area contributed by atoms with Crippen LogP contribution in [0, 0.1) is 5.82 Å². The van der Waals surface area contributed by atoms with E-state index in [0.29, 0.717) is 6.42 Å². The van der Waals surface area contributed by atoms with Gasteiger partial charge in [0.2, 0.25) is 6.79 Å². The summed E-state index contributed by atoms with van der Waals surface area (Å²) in [7, 11) is 0. The molecule has 9 nitrogen and oxygen atoms in total. The first-order valence-electron chi connectivity index (χ1n) is 9.05. The number of hydrogen-bond acceptors (Lipinski definition) is 7. The molecule has 0 bridgehead atoms. The molecule has 2 aromatic rings. The second-order valence-electron chi connectivity index (χ2n) is 5.99. The number of carbonyl (C=O) groups excluding carboxylic acids is 3. The van der Waals surface area contributed by atoms with Crippen molar-refractivity contribution in [3.8, 4) is 0 Å². The predicted molar refractivity (Wildman–Crippen MR) is 106 cm³/mol. The summed E-state index contributed by atoms with van der Waals surface area (Å²) in [6.45, 7) is 2.84. The van der Waals surface area contributed by atoms with Crippen LogP contribution in [0.4, 0.5) is 14.9 Å². The number of aromatic nitrogens is 1. The van der Waals surface area contributed by atoms with Gasteiger partial charge in [0.25, 0.3) is 0 Å². The molecule has 0 aliphatic heterocycles. The topological polar surface area (TPSA) is 119 Å². The molecule has 2 rings (SSSR count). The zero-order valence-electron chi connectivity index (χ0n) is 16.5. The minimum Gasteiger partial charge on any atom is -0.428 e. The number of nitrogens with one attached hydrogen (secondary N) is 2. The fourth-order valence-corrected chi connectivity index (χ4v) is 2.27. The predicted octanol–water partition coefficient (Wildman–Crippen LogP) is 3.22. The van der Waals surface area contributed by atoms with Gasteiger partial charge in [-0.05, 0) is 43.7 Å². The van der Waals surface area contributed by atoms with Gasteiger partial charge < -0.3 is 14.8 Å². The number of rotatable bonds is 8. The van der Waals surface area contributed by atoms with Crippen molar-refractivity contribution in [2.45, 2.75) is 26.7 Å². The Morgan fingerprint density at radius 3 is 2.70 bits per heavy atom. The van der Waals surface area contributed by atoms with Gasteiger partial charge in [-0.15, -0.1) is 0 Å². The Balaban J connectivity index is 1.99. The van der Waals surface area contributed by atoms with Crippen LogP contribution in [0.5, 0.6) is 0 Å². The minimum atomic E-state index is -0.763. The van der Waals surface area contributed by atoms with E-state index < -0.39 is 30.6 Å². The van der Waals surface area contributed by atoms with Crippen LogP contribution in [0.3, 0.4) is 0 Å². The van der Waals surface area contributed by atoms with E-state index in [0.717, 1.165) is 6.07 Å². The van der Waals surface area contributed by atoms with Gasteiger partial charge in [0.05, 0.1) is 11.3 Å². The van der Waals surface area contributed by atoms with Crippen LogP contribution >= 0.6 is 0 Å². The maximum Gasteiger partial charge on any atom is 0.343 e. The third-order valence-corrected chi connectivity index (χ3v) is 3.64. The van der Waals surface area contributed by atoms with Gasteiger partial charge in [0.1, 0.15) is 11.5 Å². The second-order valence-corrected chi connectivity index (χ2v) is 5.99. The number of halogens is 1. The fraction of sp³-hybridized carbons (Fsp3) is 0.250. The molecule has 2 N–H and O–H groups in total. The first-order chi connectivity index (χ1) is 14.4. The fourth-order valence-electron chi connectivity index (χ4n) is 2.27. The maximum absolute atomic E-state index is 13.2. The molecule has 0 saturated carbocycles. The molecule has 10 heteroatoms. The number of carbonyl (C=O) groups is 3. The van der Waals surface area contributed by atoms with Crippen molar-refractivity contribution in [1.82, 2.24) is 10.4 Å². The van der Waals surface area contributed by atoms with Crippen molar-refractivity contribution in [3.63, 3.8) is 0 Å². The van der Waals surface area contributed by atoms with Gasteiger partial charge in [-0.2, -0.15) is 5.10 Å². The molecular weight excluding hydrogens is 395 g/mol. The minimum absolute atomic E-state index is 0.0811. The number of hydrazone groups is 1. The number of amides is 2. The lowest BCUT2D eigenvalue weighted by atomic mass is 10.1. The number of esters is 2. The first kappa shape index (κ1) is 22.5. The number of nitrogens with zero attached hydrogens (tertiary/aromatic N) is 2. The second kappa shape index (κ2) is 11.2. The summed E-state index contributed by atoms with van der Waals surface area (Å²) in [5.41, 5.74) is 2.97. The van der Waals surface area contributed by atoms with Crippen LogP contribution in [0.2, 0.25) is 0 Å². The maximum atomic E-state index is 13.2. The summed E-state index contributed by atoms with van der Waals surface area (Å²) in [5, 5.41) is 6.31. The highest BCUT2D eigenvalue weighted by molar-refractivity contribution is 6.06. The number of anilines is 1. The van der Waals surface area contributed by atoms with Gasteiger partial charge in [-0.25, -0.2) is 19.4 Å². The lowest BCUT2D eigenvalue weighted by molar-refractivity contribution is -0.152. The summed E-state index contributed by atoms with van der Waals surface area (Å²) in [6, 6.07) is 7.64. The SMILES string of the molecule is CCCC(=O)OCOC(=O)c1cccnc1C(C)=NNC(=O)Nc1cccc(F)c1. The lowest BCUT2D eigenvalue weighted by Gasteiger charge is -2.09. The highest BCUT2D eigenvalue weighted by Crippen LogP contribution is 2.10. The normalized spacial score (nSPS) is 10.8. The van der Waals surface area contributed by atoms with Crippen molar-refractivity contribution in [2.24, 2.45) is 5.10 Å². The molecule has 0 atom stereocenters. The summed E-state index contributed by atoms with van der Waals surface area (Å²) >= 11 is 0. The number of urea groups is 1. The largest absolute Gasteiger partial charge is 0.428 e. The quantitative estimate of drug-likeness (QED) is 0.295. The van der Waals surface area contributed by atoms with E-state index in [1.165, 1.54) is 43.5 Å². The van der Waals surface area contributed by atoms with E-state index in [9.17, 15) is 18.8 Å². The Labute approximate surface area is 172 Å². The zero-order chi connectivity index (χ0) is 21.9. The number of hydrogen-bond donors (Lipinski definition) is 2. The number of benzene rings is 1. The van der Waals surface area contributed by atoms with Crippen LogP contribution in [0.25, 0.3) is 0 Å². The summed E-state index contributed by atoms with van der Waals surface area (Å²) < 4.78 is 22.9. The van der Waals surface area contributed by atoms with Gasteiger partial charge in [-0.3, -0.25) is 9.78 Å². The van der Waals surface area contributed by atoms with Gasteiger partial charge >= 0.3 is 18.0 Å². The third kappa shape index (κ3) is 6.97. The monoisotopic (exact) mass is 416 g/mol. The Bertz CT molecular complexity index is 948. The van der Waals surface area contributed by atoms with Crippen LogP contribution in [0.15, 0.2) is 47.7 Å². The zero-order valence-corrected chi connectivity index (χ0v) is 16.5. The number of pyridine rings is 1.